The lowest BCUT2D eigenvalue weighted by molar-refractivity contribution is 0.301. The number of benzene rings is 4. The van der Waals surface area contributed by atoms with Gasteiger partial charge < -0.3 is 4.74 Å². The van der Waals surface area contributed by atoms with Gasteiger partial charge in [-0.3, -0.25) is 0 Å². The van der Waals surface area contributed by atoms with E-state index in [-0.39, 0.29) is 35.5 Å². The molecule has 0 aliphatic heterocycles. The van der Waals surface area contributed by atoms with E-state index in [0.29, 0.717) is 24.0 Å². The standard InChI is InChI=1S/C31H26F4O/c1-3-4-19-36-27-18-15-24(28(32)31(27)35)14-9-21-7-12-23(13-8-21)26-17-16-25(29(33)30(26)34)22-10-5-20(2)6-11-22/h3,5-8,10-13,15-18H,1,4,9,14,19H2,2H3. The minimum atomic E-state index is -1.00. The fraction of sp³-hybridized carbons (Fsp3) is 0.161. The summed E-state index contributed by atoms with van der Waals surface area (Å²) in [6.07, 6.45) is 2.91. The monoisotopic (exact) mass is 490 g/mol. The van der Waals surface area contributed by atoms with Crippen molar-refractivity contribution in [1.82, 2.24) is 0 Å². The first-order valence-corrected chi connectivity index (χ1v) is 11.7. The Kier molecular flexibility index (Phi) is 7.89. The molecule has 0 saturated heterocycles. The van der Waals surface area contributed by atoms with E-state index < -0.39 is 23.3 Å². The summed E-state index contributed by atoms with van der Waals surface area (Å²) in [6, 6.07) is 20.3. The highest BCUT2D eigenvalue weighted by Crippen LogP contribution is 2.32. The van der Waals surface area contributed by atoms with Crippen LogP contribution in [0, 0.1) is 30.2 Å². The van der Waals surface area contributed by atoms with Gasteiger partial charge in [0, 0.05) is 11.1 Å². The summed E-state index contributed by atoms with van der Waals surface area (Å²) in [5, 5.41) is 0. The van der Waals surface area contributed by atoms with Crippen LogP contribution in [0.2, 0.25) is 0 Å². The quantitative estimate of drug-likeness (QED) is 0.130. The zero-order valence-electron chi connectivity index (χ0n) is 20.0. The van der Waals surface area contributed by atoms with Crippen LogP contribution in [0.4, 0.5) is 17.6 Å². The predicted molar refractivity (Wildman–Crippen MR) is 136 cm³/mol. The summed E-state index contributed by atoms with van der Waals surface area (Å²) in [4.78, 5) is 0. The Labute approximate surface area is 208 Å². The van der Waals surface area contributed by atoms with Crippen LogP contribution in [0.3, 0.4) is 0 Å². The topological polar surface area (TPSA) is 9.23 Å². The molecule has 4 aromatic rings. The molecule has 0 fully saturated rings. The van der Waals surface area contributed by atoms with Gasteiger partial charge >= 0.3 is 0 Å². The Morgan fingerprint density at radius 3 is 1.83 bits per heavy atom. The maximum Gasteiger partial charge on any atom is 0.200 e. The number of rotatable bonds is 9. The van der Waals surface area contributed by atoms with Crippen molar-refractivity contribution in [3.8, 4) is 28.0 Å². The third-order valence-corrected chi connectivity index (χ3v) is 6.10. The van der Waals surface area contributed by atoms with Crippen LogP contribution in [-0.2, 0) is 12.8 Å². The van der Waals surface area contributed by atoms with Crippen LogP contribution >= 0.6 is 0 Å². The molecule has 4 aromatic carbocycles. The van der Waals surface area contributed by atoms with Crippen LogP contribution < -0.4 is 4.74 Å². The van der Waals surface area contributed by atoms with Gasteiger partial charge in [-0.05, 0) is 54.5 Å². The molecule has 0 unspecified atom stereocenters. The zero-order valence-corrected chi connectivity index (χ0v) is 20.0. The van der Waals surface area contributed by atoms with Gasteiger partial charge in [0.25, 0.3) is 0 Å². The number of ether oxygens (including phenoxy) is 1. The van der Waals surface area contributed by atoms with Gasteiger partial charge in [0.15, 0.2) is 23.2 Å². The normalized spacial score (nSPS) is 10.9. The molecule has 0 aliphatic rings. The minimum Gasteiger partial charge on any atom is -0.490 e. The van der Waals surface area contributed by atoms with Gasteiger partial charge in [-0.2, -0.15) is 4.39 Å². The fourth-order valence-corrected chi connectivity index (χ4v) is 3.99. The van der Waals surface area contributed by atoms with Gasteiger partial charge in [0.2, 0.25) is 5.82 Å². The van der Waals surface area contributed by atoms with E-state index in [4.69, 9.17) is 4.74 Å². The predicted octanol–water partition coefficient (Wildman–Crippen LogP) is 8.63. The van der Waals surface area contributed by atoms with Crippen LogP contribution in [0.5, 0.6) is 5.75 Å². The third kappa shape index (κ3) is 5.51. The molecule has 36 heavy (non-hydrogen) atoms. The van der Waals surface area contributed by atoms with E-state index in [2.05, 4.69) is 6.58 Å². The van der Waals surface area contributed by atoms with E-state index >= 15 is 0 Å². The molecule has 0 N–H and O–H groups in total. The second kappa shape index (κ2) is 11.3. The Bertz CT molecular complexity index is 1360. The first kappa shape index (κ1) is 25.2. The highest BCUT2D eigenvalue weighted by atomic mass is 19.2. The number of aryl methyl sites for hydroxylation is 3. The molecule has 0 aromatic heterocycles. The molecule has 0 heterocycles. The van der Waals surface area contributed by atoms with Crippen LogP contribution in [0.1, 0.15) is 23.1 Å². The molecule has 0 spiro atoms. The first-order chi connectivity index (χ1) is 17.4. The van der Waals surface area contributed by atoms with Gasteiger partial charge in [0.1, 0.15) is 0 Å². The minimum absolute atomic E-state index is 0.120. The SMILES string of the molecule is C=CCCOc1ccc(CCc2ccc(-c3ccc(-c4ccc(C)cc4)c(F)c3F)cc2)c(F)c1F. The highest BCUT2D eigenvalue weighted by Gasteiger charge is 2.17. The van der Waals surface area contributed by atoms with E-state index in [9.17, 15) is 17.6 Å². The van der Waals surface area contributed by atoms with E-state index in [1.165, 1.54) is 12.1 Å². The molecule has 0 bridgehead atoms. The molecule has 184 valence electrons. The maximum absolute atomic E-state index is 14.9. The Morgan fingerprint density at radius 2 is 1.25 bits per heavy atom. The highest BCUT2D eigenvalue weighted by molar-refractivity contribution is 5.72. The smallest absolute Gasteiger partial charge is 0.200 e. The van der Waals surface area contributed by atoms with Gasteiger partial charge in [-0.1, -0.05) is 78.4 Å². The largest absolute Gasteiger partial charge is 0.490 e. The van der Waals surface area contributed by atoms with Crippen LogP contribution in [-0.4, -0.2) is 6.61 Å². The molecule has 0 aliphatic carbocycles. The molecule has 0 amide bonds. The Balaban J connectivity index is 1.46. The summed E-state index contributed by atoms with van der Waals surface area (Å²) < 4.78 is 63.8. The lowest BCUT2D eigenvalue weighted by atomic mass is 9.96. The van der Waals surface area contributed by atoms with Crippen molar-refractivity contribution in [2.45, 2.75) is 26.2 Å². The van der Waals surface area contributed by atoms with Crippen molar-refractivity contribution in [2.24, 2.45) is 0 Å². The van der Waals surface area contributed by atoms with Crippen molar-refractivity contribution in [2.75, 3.05) is 6.61 Å². The summed E-state index contributed by atoms with van der Waals surface area (Å²) in [5.41, 5.74) is 3.65. The second-order valence-corrected chi connectivity index (χ2v) is 8.63. The lowest BCUT2D eigenvalue weighted by Gasteiger charge is -2.11. The molecular formula is C31H26F4O. The van der Waals surface area contributed by atoms with Gasteiger partial charge in [0.05, 0.1) is 6.61 Å². The second-order valence-electron chi connectivity index (χ2n) is 8.63. The number of halogens is 4. The maximum atomic E-state index is 14.9. The van der Waals surface area contributed by atoms with Crippen molar-refractivity contribution in [1.29, 1.82) is 0 Å². The summed E-state index contributed by atoms with van der Waals surface area (Å²) in [7, 11) is 0. The van der Waals surface area contributed by atoms with Crippen LogP contribution in [0.15, 0.2) is 85.5 Å². The van der Waals surface area contributed by atoms with Crippen molar-refractivity contribution in [3.63, 3.8) is 0 Å². The average molecular weight is 491 g/mol. The van der Waals surface area contributed by atoms with E-state index in [1.807, 2.05) is 19.1 Å². The zero-order chi connectivity index (χ0) is 25.7. The summed E-state index contributed by atoms with van der Waals surface area (Å²) in [6.45, 7) is 5.72. The lowest BCUT2D eigenvalue weighted by Crippen LogP contribution is -2.03. The summed E-state index contributed by atoms with van der Waals surface area (Å²) in [5.74, 6) is -3.85. The van der Waals surface area contributed by atoms with Gasteiger partial charge in [-0.25, -0.2) is 13.2 Å². The van der Waals surface area contributed by atoms with Crippen molar-refractivity contribution < 1.29 is 22.3 Å². The number of hydrogen-bond acceptors (Lipinski definition) is 1. The number of hydrogen-bond donors (Lipinski definition) is 0. The van der Waals surface area contributed by atoms with Crippen LogP contribution in [0.25, 0.3) is 22.3 Å². The van der Waals surface area contributed by atoms with E-state index in [0.717, 1.165) is 11.1 Å². The molecule has 0 saturated carbocycles. The fourth-order valence-electron chi connectivity index (χ4n) is 3.99. The Hall–Kier alpha value is -3.86. The van der Waals surface area contributed by atoms with Crippen molar-refractivity contribution in [3.05, 3.63) is 125 Å². The van der Waals surface area contributed by atoms with E-state index in [1.54, 1.807) is 54.6 Å². The third-order valence-electron chi connectivity index (χ3n) is 6.10. The van der Waals surface area contributed by atoms with Gasteiger partial charge in [-0.15, -0.1) is 6.58 Å². The Morgan fingerprint density at radius 1 is 0.667 bits per heavy atom. The molecule has 5 heteroatoms. The van der Waals surface area contributed by atoms with Crippen molar-refractivity contribution >= 4 is 0 Å². The molecule has 4 rings (SSSR count). The molecular weight excluding hydrogens is 464 g/mol. The summed E-state index contributed by atoms with van der Waals surface area (Å²) >= 11 is 0. The molecule has 1 nitrogen and oxygen atoms in total. The average Bonchev–Trinajstić information content (AvgIpc) is 2.89. The molecule has 0 radical (unpaired) electrons. The first-order valence-electron chi connectivity index (χ1n) is 11.7. The molecule has 0 atom stereocenters.